The predicted molar refractivity (Wildman–Crippen MR) is 167 cm³/mol. The second-order valence-corrected chi connectivity index (χ2v) is 15.9. The Morgan fingerprint density at radius 1 is 0.707 bits per heavy atom. The van der Waals surface area contributed by atoms with Gasteiger partial charge in [0.15, 0.2) is 0 Å². The monoisotopic (exact) mass is 762 g/mol. The Balaban J connectivity index is 0.00000840. The van der Waals surface area contributed by atoms with Crippen LogP contribution in [-0.2, 0) is 29.5 Å². The fourth-order valence-electron chi connectivity index (χ4n) is 3.43. The third-order valence-corrected chi connectivity index (χ3v) is 9.76. The Morgan fingerprint density at radius 3 is 1.32 bits per heavy atom. The number of halogens is 3. The van der Waals surface area contributed by atoms with E-state index in [9.17, 15) is 21.6 Å². The molecule has 0 aliphatic carbocycles. The SMILES string of the molecule is CC(C)(C)NC(COC(=O)OCC(NC(C)(C)C)NS(=O)(=O)c1ccccc1Br)NS(=O)(=O)c1ccccc1Br.Cl. The average molecular weight is 765 g/mol. The van der Waals surface area contributed by atoms with Crippen LogP contribution in [0.4, 0.5) is 4.79 Å². The van der Waals surface area contributed by atoms with Gasteiger partial charge in [0.1, 0.15) is 25.5 Å². The molecule has 2 aromatic rings. The van der Waals surface area contributed by atoms with Gasteiger partial charge in [-0.05, 0) is 97.7 Å². The standard InChI is InChI=1S/C25H36Br2N4O7S2.ClH/c1-24(2,3)28-21(30-39(33,34)19-13-9-7-11-17(19)26)15-37-23(32)38-16-22(29-25(4,5)6)31-40(35,36)20-14-10-8-12-18(20)27;/h7-14,21-22,28-31H,15-16H2,1-6H3;1H. The topological polar surface area (TPSA) is 152 Å². The molecule has 0 bridgehead atoms. The first-order valence-corrected chi connectivity index (χ1v) is 16.7. The number of ether oxygens (including phenoxy) is 2. The smallest absolute Gasteiger partial charge is 0.431 e. The highest BCUT2D eigenvalue weighted by molar-refractivity contribution is 9.10. The molecule has 0 saturated carbocycles. The van der Waals surface area contributed by atoms with Gasteiger partial charge in [0.05, 0.1) is 9.79 Å². The third kappa shape index (κ3) is 13.3. The number of nitrogens with one attached hydrogen (secondary N) is 4. The molecule has 232 valence electrons. The molecule has 2 atom stereocenters. The van der Waals surface area contributed by atoms with Crippen molar-refractivity contribution in [3.05, 3.63) is 57.5 Å². The normalized spacial score (nSPS) is 14.0. The molecule has 41 heavy (non-hydrogen) atoms. The molecule has 0 saturated heterocycles. The van der Waals surface area contributed by atoms with Crippen LogP contribution in [0.25, 0.3) is 0 Å². The van der Waals surface area contributed by atoms with Crippen molar-refractivity contribution < 1.29 is 31.1 Å². The largest absolute Gasteiger partial charge is 0.508 e. The van der Waals surface area contributed by atoms with Crippen molar-refractivity contribution in [3.8, 4) is 0 Å². The maximum absolute atomic E-state index is 13.0. The summed E-state index contributed by atoms with van der Waals surface area (Å²) in [7, 11) is -7.98. The number of hydrogen-bond donors (Lipinski definition) is 4. The lowest BCUT2D eigenvalue weighted by Gasteiger charge is -2.29. The lowest BCUT2D eigenvalue weighted by atomic mass is 10.1. The zero-order chi connectivity index (χ0) is 30.4. The first-order chi connectivity index (χ1) is 18.3. The Bertz CT molecular complexity index is 1280. The summed E-state index contributed by atoms with van der Waals surface area (Å²) in [5, 5.41) is 6.12. The van der Waals surface area contributed by atoms with E-state index in [1.807, 2.05) is 41.5 Å². The quantitative estimate of drug-likeness (QED) is 0.181. The van der Waals surface area contributed by atoms with E-state index in [2.05, 4.69) is 51.9 Å². The number of hydrogen-bond acceptors (Lipinski definition) is 9. The van der Waals surface area contributed by atoms with E-state index in [1.54, 1.807) is 36.4 Å². The van der Waals surface area contributed by atoms with Crippen molar-refractivity contribution in [1.82, 2.24) is 20.1 Å². The van der Waals surface area contributed by atoms with Crippen molar-refractivity contribution in [2.24, 2.45) is 0 Å². The van der Waals surface area contributed by atoms with E-state index in [-0.39, 0.29) is 22.2 Å². The molecule has 0 amide bonds. The highest BCUT2D eigenvalue weighted by Gasteiger charge is 2.28. The summed E-state index contributed by atoms with van der Waals surface area (Å²) in [5.41, 5.74) is -1.08. The van der Waals surface area contributed by atoms with Crippen molar-refractivity contribution in [1.29, 1.82) is 0 Å². The molecule has 16 heteroatoms. The van der Waals surface area contributed by atoms with Gasteiger partial charge in [-0.25, -0.2) is 21.6 Å². The average Bonchev–Trinajstić information content (AvgIpc) is 2.79. The minimum absolute atomic E-state index is 0. The molecule has 2 rings (SSSR count). The fourth-order valence-corrected chi connectivity index (χ4v) is 7.70. The maximum atomic E-state index is 13.0. The second-order valence-electron chi connectivity index (χ2n) is 10.9. The third-order valence-electron chi connectivity index (χ3n) is 4.80. The molecule has 0 fully saturated rings. The van der Waals surface area contributed by atoms with Gasteiger partial charge < -0.3 is 9.47 Å². The van der Waals surface area contributed by atoms with Gasteiger partial charge >= 0.3 is 6.16 Å². The van der Waals surface area contributed by atoms with E-state index in [0.29, 0.717) is 8.95 Å². The van der Waals surface area contributed by atoms with E-state index in [4.69, 9.17) is 9.47 Å². The summed E-state index contributed by atoms with van der Waals surface area (Å²) in [6.07, 6.45) is -3.11. The molecule has 2 unspecified atom stereocenters. The number of carbonyl (C=O) groups excluding carboxylic acids is 1. The molecule has 4 N–H and O–H groups in total. The summed E-state index contributed by atoms with van der Waals surface area (Å²) in [6.45, 7) is 10.1. The predicted octanol–water partition coefficient (Wildman–Crippen LogP) is 4.47. The van der Waals surface area contributed by atoms with Gasteiger partial charge in [-0.2, -0.15) is 9.44 Å². The number of sulfonamides is 2. The molecule has 0 heterocycles. The summed E-state index contributed by atoms with van der Waals surface area (Å²) in [5.74, 6) is 0. The maximum Gasteiger partial charge on any atom is 0.508 e. The molecular weight excluding hydrogens is 728 g/mol. The van der Waals surface area contributed by atoms with Crippen LogP contribution in [0.1, 0.15) is 41.5 Å². The van der Waals surface area contributed by atoms with E-state index < -0.39 is 62.8 Å². The Kier molecular flexibility index (Phi) is 14.2. The zero-order valence-corrected chi connectivity index (χ0v) is 29.1. The lowest BCUT2D eigenvalue weighted by Crippen LogP contribution is -2.56. The first kappa shape index (κ1) is 37.7. The van der Waals surface area contributed by atoms with Gasteiger partial charge in [-0.3, -0.25) is 10.6 Å². The van der Waals surface area contributed by atoms with Crippen molar-refractivity contribution in [3.63, 3.8) is 0 Å². The number of rotatable bonds is 12. The first-order valence-electron chi connectivity index (χ1n) is 12.2. The summed E-state index contributed by atoms with van der Waals surface area (Å²) >= 11 is 6.48. The van der Waals surface area contributed by atoms with Crippen LogP contribution >= 0.6 is 44.3 Å². The molecule has 0 radical (unpaired) electrons. The minimum Gasteiger partial charge on any atom is -0.431 e. The van der Waals surface area contributed by atoms with Crippen LogP contribution in [0.3, 0.4) is 0 Å². The van der Waals surface area contributed by atoms with Crippen LogP contribution in [0, 0.1) is 0 Å². The molecule has 0 aliphatic heterocycles. The van der Waals surface area contributed by atoms with Crippen LogP contribution < -0.4 is 20.1 Å². The van der Waals surface area contributed by atoms with E-state index in [0.717, 1.165) is 0 Å². The van der Waals surface area contributed by atoms with Crippen LogP contribution in [0.2, 0.25) is 0 Å². The molecule has 2 aromatic carbocycles. The van der Waals surface area contributed by atoms with Crippen molar-refractivity contribution >= 4 is 70.5 Å². The van der Waals surface area contributed by atoms with Crippen LogP contribution in [0.15, 0.2) is 67.3 Å². The number of benzene rings is 2. The fraction of sp³-hybridized carbons (Fsp3) is 0.480. The molecular formula is C25H37Br2ClN4O7S2. The molecule has 0 aliphatic rings. The Hall–Kier alpha value is -1.30. The highest BCUT2D eigenvalue weighted by Crippen LogP contribution is 2.22. The summed E-state index contributed by atoms with van der Waals surface area (Å²) in [6, 6.07) is 12.6. The van der Waals surface area contributed by atoms with Crippen LogP contribution in [0.5, 0.6) is 0 Å². The molecule has 0 aromatic heterocycles. The van der Waals surface area contributed by atoms with Gasteiger partial charge in [0.2, 0.25) is 20.0 Å². The molecule has 11 nitrogen and oxygen atoms in total. The summed E-state index contributed by atoms with van der Waals surface area (Å²) < 4.78 is 68.1. The molecule has 0 spiro atoms. The zero-order valence-electron chi connectivity index (χ0n) is 23.5. The van der Waals surface area contributed by atoms with Crippen molar-refractivity contribution in [2.45, 2.75) is 74.7 Å². The highest BCUT2D eigenvalue weighted by atomic mass is 79.9. The number of carbonyl (C=O) groups is 1. The lowest BCUT2D eigenvalue weighted by molar-refractivity contribution is 0.0363. The van der Waals surface area contributed by atoms with Gasteiger partial charge in [0, 0.05) is 20.0 Å². The Morgan fingerprint density at radius 2 is 1.02 bits per heavy atom. The van der Waals surface area contributed by atoms with E-state index >= 15 is 0 Å². The van der Waals surface area contributed by atoms with Gasteiger partial charge in [0.25, 0.3) is 0 Å². The minimum atomic E-state index is -3.99. The van der Waals surface area contributed by atoms with E-state index in [1.165, 1.54) is 12.1 Å². The van der Waals surface area contributed by atoms with Gasteiger partial charge in [-0.1, -0.05) is 24.3 Å². The van der Waals surface area contributed by atoms with Crippen LogP contribution in [-0.4, -0.2) is 59.6 Å². The second kappa shape index (κ2) is 15.4. The summed E-state index contributed by atoms with van der Waals surface area (Å²) in [4.78, 5) is 12.5. The van der Waals surface area contributed by atoms with Crippen molar-refractivity contribution in [2.75, 3.05) is 13.2 Å². The van der Waals surface area contributed by atoms with Gasteiger partial charge in [-0.15, -0.1) is 12.4 Å². The Labute approximate surface area is 265 Å².